The lowest BCUT2D eigenvalue weighted by atomic mass is 9.95. The van der Waals surface area contributed by atoms with E-state index in [0.29, 0.717) is 12.3 Å². The van der Waals surface area contributed by atoms with E-state index in [9.17, 15) is 5.11 Å². The second-order valence-corrected chi connectivity index (χ2v) is 5.55. The van der Waals surface area contributed by atoms with Gasteiger partial charge in [-0.15, -0.1) is 11.3 Å². The Bertz CT molecular complexity index is 577. The molecule has 0 saturated carbocycles. The van der Waals surface area contributed by atoms with Gasteiger partial charge in [-0.05, 0) is 29.9 Å². The van der Waals surface area contributed by atoms with E-state index in [4.69, 9.17) is 4.84 Å². The van der Waals surface area contributed by atoms with Crippen molar-refractivity contribution in [2.75, 3.05) is 0 Å². The minimum atomic E-state index is -0.516. The van der Waals surface area contributed by atoms with E-state index in [-0.39, 0.29) is 0 Å². The zero-order chi connectivity index (χ0) is 13.1. The molecule has 0 saturated heterocycles. The molecule has 3 nitrogen and oxygen atoms in total. The number of aryl methyl sites for hydroxylation is 1. The van der Waals surface area contributed by atoms with Gasteiger partial charge in [-0.1, -0.05) is 35.5 Å². The average Bonchev–Trinajstić information content (AvgIpc) is 2.91. The van der Waals surface area contributed by atoms with Crippen LogP contribution in [0.5, 0.6) is 0 Å². The maximum atomic E-state index is 10.0. The summed E-state index contributed by atoms with van der Waals surface area (Å²) in [6.07, 6.45) is 1.13. The highest BCUT2D eigenvalue weighted by Gasteiger charge is 2.25. The SMILES string of the molecule is O[C@@H]1CCc2sccc2/C1=N/OCc1ccccc1. The second kappa shape index (κ2) is 5.55. The molecule has 1 N–H and O–H groups in total. The van der Waals surface area contributed by atoms with Gasteiger partial charge in [-0.3, -0.25) is 0 Å². The standard InChI is InChI=1S/C15H15NO2S/c17-13-6-7-14-12(8-9-19-14)15(13)16-18-10-11-4-2-1-3-5-11/h1-5,8-9,13,17H,6-7,10H2/b16-15-/t13-/m1/s1. The van der Waals surface area contributed by atoms with Crippen molar-refractivity contribution < 1.29 is 9.94 Å². The number of aliphatic hydroxyl groups excluding tert-OH is 1. The molecule has 0 amide bonds. The molecular formula is C15H15NO2S. The number of rotatable bonds is 3. The van der Waals surface area contributed by atoms with Gasteiger partial charge in [0, 0.05) is 10.4 Å². The van der Waals surface area contributed by atoms with Gasteiger partial charge in [0.25, 0.3) is 0 Å². The summed E-state index contributed by atoms with van der Waals surface area (Å²) in [7, 11) is 0. The van der Waals surface area contributed by atoms with E-state index in [0.717, 1.165) is 24.0 Å². The summed E-state index contributed by atoms with van der Waals surface area (Å²) >= 11 is 1.71. The molecule has 0 spiro atoms. The van der Waals surface area contributed by atoms with Gasteiger partial charge in [0.2, 0.25) is 0 Å². The maximum absolute atomic E-state index is 10.0. The van der Waals surface area contributed by atoms with Gasteiger partial charge in [-0.2, -0.15) is 0 Å². The minimum absolute atomic E-state index is 0.427. The van der Waals surface area contributed by atoms with Crippen LogP contribution in [-0.4, -0.2) is 16.9 Å². The number of hydrogen-bond donors (Lipinski definition) is 1. The van der Waals surface area contributed by atoms with E-state index in [1.807, 2.05) is 41.8 Å². The number of hydrogen-bond acceptors (Lipinski definition) is 4. The van der Waals surface area contributed by atoms with Crippen LogP contribution in [0.1, 0.15) is 22.4 Å². The van der Waals surface area contributed by atoms with Crippen molar-refractivity contribution in [1.82, 2.24) is 0 Å². The summed E-state index contributed by atoms with van der Waals surface area (Å²) in [5.74, 6) is 0. The van der Waals surface area contributed by atoms with Crippen molar-refractivity contribution in [1.29, 1.82) is 0 Å². The van der Waals surface area contributed by atoms with E-state index < -0.39 is 6.10 Å². The Morgan fingerprint density at radius 3 is 2.95 bits per heavy atom. The largest absolute Gasteiger partial charge is 0.391 e. The number of oxime groups is 1. The molecule has 1 aliphatic carbocycles. The molecule has 1 aromatic heterocycles. The fraction of sp³-hybridized carbons (Fsp3) is 0.267. The number of aliphatic hydroxyl groups is 1. The van der Waals surface area contributed by atoms with Crippen molar-refractivity contribution in [2.45, 2.75) is 25.6 Å². The highest BCUT2D eigenvalue weighted by molar-refractivity contribution is 7.10. The molecule has 3 rings (SSSR count). The lowest BCUT2D eigenvalue weighted by Gasteiger charge is -2.19. The smallest absolute Gasteiger partial charge is 0.142 e. The fourth-order valence-electron chi connectivity index (χ4n) is 2.21. The molecule has 98 valence electrons. The Kier molecular flexibility index (Phi) is 3.62. The highest BCUT2D eigenvalue weighted by Crippen LogP contribution is 2.27. The first kappa shape index (κ1) is 12.4. The molecule has 1 atom stereocenters. The van der Waals surface area contributed by atoms with E-state index in [1.165, 1.54) is 4.88 Å². The van der Waals surface area contributed by atoms with E-state index in [2.05, 4.69) is 5.16 Å². The molecule has 0 radical (unpaired) electrons. The number of benzene rings is 1. The third-order valence-electron chi connectivity index (χ3n) is 3.22. The second-order valence-electron chi connectivity index (χ2n) is 4.55. The van der Waals surface area contributed by atoms with Crippen LogP contribution in [0.4, 0.5) is 0 Å². The Balaban J connectivity index is 1.73. The van der Waals surface area contributed by atoms with Gasteiger partial charge in [0.05, 0.1) is 0 Å². The molecule has 0 aliphatic heterocycles. The Morgan fingerprint density at radius 2 is 2.11 bits per heavy atom. The van der Waals surface area contributed by atoms with Gasteiger partial charge in [0.1, 0.15) is 18.4 Å². The first-order valence-electron chi connectivity index (χ1n) is 6.33. The van der Waals surface area contributed by atoms with Crippen LogP contribution in [0.15, 0.2) is 46.9 Å². The predicted molar refractivity (Wildman–Crippen MR) is 76.4 cm³/mol. The summed E-state index contributed by atoms with van der Waals surface area (Å²) in [6, 6.07) is 11.9. The summed E-state index contributed by atoms with van der Waals surface area (Å²) in [6.45, 7) is 0.427. The molecule has 0 fully saturated rings. The zero-order valence-electron chi connectivity index (χ0n) is 10.5. The molecule has 1 aliphatic rings. The van der Waals surface area contributed by atoms with Crippen molar-refractivity contribution >= 4 is 17.0 Å². The lowest BCUT2D eigenvalue weighted by molar-refractivity contribution is 0.123. The quantitative estimate of drug-likeness (QED) is 0.874. The fourth-order valence-corrected chi connectivity index (χ4v) is 3.11. The van der Waals surface area contributed by atoms with Crippen molar-refractivity contribution in [2.24, 2.45) is 5.16 Å². The summed E-state index contributed by atoms with van der Waals surface area (Å²) in [5.41, 5.74) is 2.78. The van der Waals surface area contributed by atoms with Gasteiger partial charge >= 0.3 is 0 Å². The van der Waals surface area contributed by atoms with Crippen LogP contribution in [0.3, 0.4) is 0 Å². The van der Waals surface area contributed by atoms with Gasteiger partial charge in [-0.25, -0.2) is 0 Å². The normalized spacial score (nSPS) is 20.3. The summed E-state index contributed by atoms with van der Waals surface area (Å²) in [5, 5.41) is 16.2. The third kappa shape index (κ3) is 2.69. The molecule has 0 unspecified atom stereocenters. The van der Waals surface area contributed by atoms with Crippen LogP contribution < -0.4 is 0 Å². The minimum Gasteiger partial charge on any atom is -0.391 e. The van der Waals surface area contributed by atoms with Crippen LogP contribution in [0.2, 0.25) is 0 Å². The van der Waals surface area contributed by atoms with Crippen LogP contribution in [-0.2, 0) is 17.9 Å². The van der Waals surface area contributed by atoms with Crippen molar-refractivity contribution in [3.05, 3.63) is 57.8 Å². The molecule has 2 aromatic rings. The molecule has 1 aromatic carbocycles. The monoisotopic (exact) mass is 273 g/mol. The third-order valence-corrected chi connectivity index (χ3v) is 4.20. The van der Waals surface area contributed by atoms with E-state index in [1.54, 1.807) is 11.3 Å². The first-order chi connectivity index (χ1) is 9.34. The number of thiophene rings is 1. The van der Waals surface area contributed by atoms with Crippen LogP contribution in [0.25, 0.3) is 0 Å². The van der Waals surface area contributed by atoms with Crippen molar-refractivity contribution in [3.8, 4) is 0 Å². The summed E-state index contributed by atoms with van der Waals surface area (Å²) in [4.78, 5) is 6.67. The molecular weight excluding hydrogens is 258 g/mol. The maximum Gasteiger partial charge on any atom is 0.142 e. The Labute approximate surface area is 116 Å². The zero-order valence-corrected chi connectivity index (χ0v) is 11.3. The average molecular weight is 273 g/mol. The molecule has 4 heteroatoms. The van der Waals surface area contributed by atoms with Crippen LogP contribution in [0, 0.1) is 0 Å². The predicted octanol–water partition coefficient (Wildman–Crippen LogP) is 2.98. The Morgan fingerprint density at radius 1 is 1.26 bits per heavy atom. The molecule has 0 bridgehead atoms. The number of nitrogens with zero attached hydrogens (tertiary/aromatic N) is 1. The van der Waals surface area contributed by atoms with Gasteiger partial charge < -0.3 is 9.94 Å². The molecule has 19 heavy (non-hydrogen) atoms. The Hall–Kier alpha value is -1.65. The topological polar surface area (TPSA) is 41.8 Å². The van der Waals surface area contributed by atoms with Gasteiger partial charge in [0.15, 0.2) is 0 Å². The lowest BCUT2D eigenvalue weighted by Crippen LogP contribution is -2.27. The first-order valence-corrected chi connectivity index (χ1v) is 7.21. The summed E-state index contributed by atoms with van der Waals surface area (Å²) < 4.78 is 0. The highest BCUT2D eigenvalue weighted by atomic mass is 32.1. The van der Waals surface area contributed by atoms with Crippen LogP contribution >= 0.6 is 11.3 Å². The number of fused-ring (bicyclic) bond motifs is 1. The van der Waals surface area contributed by atoms with Crippen molar-refractivity contribution in [3.63, 3.8) is 0 Å². The molecule has 1 heterocycles. The van der Waals surface area contributed by atoms with E-state index >= 15 is 0 Å².